The van der Waals surface area contributed by atoms with Crippen molar-refractivity contribution in [3.63, 3.8) is 0 Å². The van der Waals surface area contributed by atoms with Gasteiger partial charge >= 0.3 is 0 Å². The first-order valence-electron chi connectivity index (χ1n) is 8.87. The highest BCUT2D eigenvalue weighted by atomic mass is 16.5. The first kappa shape index (κ1) is 20.2. The number of ether oxygens (including phenoxy) is 3. The van der Waals surface area contributed by atoms with Gasteiger partial charge in [0, 0.05) is 7.05 Å². The van der Waals surface area contributed by atoms with Crippen LogP contribution in [0.3, 0.4) is 0 Å². The molecule has 2 aromatic heterocycles. The zero-order valence-electron chi connectivity index (χ0n) is 17.2. The molecular weight excluding hydrogens is 378 g/mol. The molecule has 0 aliphatic rings. The Labute approximate surface area is 167 Å². The fraction of sp³-hybridized carbons (Fsp3) is 0.350. The van der Waals surface area contributed by atoms with Gasteiger partial charge < -0.3 is 28.5 Å². The van der Waals surface area contributed by atoms with Crippen LogP contribution in [0.5, 0.6) is 17.2 Å². The lowest BCUT2D eigenvalue weighted by atomic mass is 10.1. The number of carbonyl (C=O) groups is 1. The van der Waals surface area contributed by atoms with Gasteiger partial charge in [0.25, 0.3) is 11.5 Å². The minimum absolute atomic E-state index is 0.135. The van der Waals surface area contributed by atoms with Crippen LogP contribution < -0.4 is 25.1 Å². The van der Waals surface area contributed by atoms with Crippen molar-refractivity contribution in [2.75, 3.05) is 21.3 Å². The van der Waals surface area contributed by atoms with Crippen LogP contribution in [-0.4, -0.2) is 36.8 Å². The maximum Gasteiger partial charge on any atom is 0.265 e. The van der Waals surface area contributed by atoms with Crippen LogP contribution in [-0.2, 0) is 7.05 Å². The van der Waals surface area contributed by atoms with E-state index in [0.717, 1.165) is 5.56 Å². The molecule has 2 heterocycles. The van der Waals surface area contributed by atoms with Gasteiger partial charge in [0.2, 0.25) is 11.5 Å². The monoisotopic (exact) mass is 401 g/mol. The number of furan rings is 1. The lowest BCUT2D eigenvalue weighted by molar-refractivity contribution is 0.0939. The van der Waals surface area contributed by atoms with Gasteiger partial charge in [-0.3, -0.25) is 9.59 Å². The van der Waals surface area contributed by atoms with E-state index in [-0.39, 0.29) is 22.2 Å². The second-order valence-electron chi connectivity index (χ2n) is 6.53. The Balaban J connectivity index is 1.98. The van der Waals surface area contributed by atoms with Crippen LogP contribution in [0.2, 0.25) is 0 Å². The second-order valence-corrected chi connectivity index (χ2v) is 6.53. The number of methoxy groups -OCH3 is 3. The van der Waals surface area contributed by atoms with Crippen molar-refractivity contribution < 1.29 is 23.4 Å². The van der Waals surface area contributed by atoms with E-state index >= 15 is 0 Å². The number of nitrogens with zero attached hydrogens (tertiary/aromatic N) is 2. The molecule has 0 aliphatic carbocycles. The predicted octanol–water partition coefficient (Wildman–Crippen LogP) is 2.35. The Hall–Kier alpha value is -3.49. The van der Waals surface area contributed by atoms with Gasteiger partial charge in [-0.15, -0.1) is 0 Å². The minimum atomic E-state index is -0.437. The molecule has 1 unspecified atom stereocenters. The van der Waals surface area contributed by atoms with E-state index in [2.05, 4.69) is 10.3 Å². The van der Waals surface area contributed by atoms with Gasteiger partial charge in [-0.1, -0.05) is 0 Å². The van der Waals surface area contributed by atoms with Gasteiger partial charge in [0.1, 0.15) is 17.5 Å². The fourth-order valence-electron chi connectivity index (χ4n) is 3.16. The molecule has 0 fully saturated rings. The smallest absolute Gasteiger partial charge is 0.265 e. The summed E-state index contributed by atoms with van der Waals surface area (Å²) >= 11 is 0. The van der Waals surface area contributed by atoms with Gasteiger partial charge in [-0.05, 0) is 31.5 Å². The molecule has 0 aliphatic heterocycles. The van der Waals surface area contributed by atoms with Crippen molar-refractivity contribution in [1.29, 1.82) is 0 Å². The van der Waals surface area contributed by atoms with Crippen molar-refractivity contribution in [2.24, 2.45) is 7.05 Å². The quantitative estimate of drug-likeness (QED) is 0.676. The number of hydrogen-bond acceptors (Lipinski definition) is 7. The Morgan fingerprint density at radius 1 is 1.17 bits per heavy atom. The third kappa shape index (κ3) is 3.51. The van der Waals surface area contributed by atoms with Crippen molar-refractivity contribution in [3.8, 4) is 17.2 Å². The van der Waals surface area contributed by atoms with E-state index in [0.29, 0.717) is 23.0 Å². The minimum Gasteiger partial charge on any atom is -0.493 e. The van der Waals surface area contributed by atoms with Gasteiger partial charge in [-0.25, -0.2) is 4.98 Å². The van der Waals surface area contributed by atoms with Gasteiger partial charge in [0.05, 0.1) is 32.9 Å². The first-order chi connectivity index (χ1) is 13.8. The molecule has 0 saturated carbocycles. The highest BCUT2D eigenvalue weighted by Crippen LogP contribution is 2.39. The number of fused-ring (bicyclic) bond motifs is 1. The summed E-state index contributed by atoms with van der Waals surface area (Å²) in [5, 5.41) is 3.05. The molecule has 3 aromatic rings. The number of carbonyl (C=O) groups excluding carboxylic acids is 1. The van der Waals surface area contributed by atoms with Crippen LogP contribution in [0.1, 0.15) is 34.6 Å². The van der Waals surface area contributed by atoms with Crippen LogP contribution >= 0.6 is 0 Å². The molecule has 0 saturated heterocycles. The van der Waals surface area contributed by atoms with Crippen molar-refractivity contribution in [1.82, 2.24) is 14.9 Å². The number of benzene rings is 1. The largest absolute Gasteiger partial charge is 0.493 e. The molecule has 154 valence electrons. The van der Waals surface area contributed by atoms with Crippen molar-refractivity contribution in [2.45, 2.75) is 19.9 Å². The standard InChI is InChI=1S/C20H23N3O6/c1-10(12-7-13(26-4)17(28-6)14(8-12)27-5)22-18(24)15-11(2)29-19-16(15)20(25)23(3)9-21-19/h7-10H,1-6H3,(H,22,24). The van der Waals surface area contributed by atoms with Crippen LogP contribution in [0, 0.1) is 6.92 Å². The molecule has 9 nitrogen and oxygen atoms in total. The molecule has 0 radical (unpaired) electrons. The summed E-state index contributed by atoms with van der Waals surface area (Å²) in [6.45, 7) is 3.44. The lowest BCUT2D eigenvalue weighted by Gasteiger charge is -2.18. The highest BCUT2D eigenvalue weighted by Gasteiger charge is 2.24. The Morgan fingerprint density at radius 2 is 1.79 bits per heavy atom. The number of rotatable bonds is 6. The summed E-state index contributed by atoms with van der Waals surface area (Å²) in [4.78, 5) is 29.6. The van der Waals surface area contributed by atoms with Gasteiger partial charge in [0.15, 0.2) is 11.5 Å². The third-order valence-corrected chi connectivity index (χ3v) is 4.71. The summed E-state index contributed by atoms with van der Waals surface area (Å²) in [7, 11) is 6.13. The number of hydrogen-bond donors (Lipinski definition) is 1. The molecule has 1 aromatic carbocycles. The fourth-order valence-corrected chi connectivity index (χ4v) is 3.16. The molecule has 0 spiro atoms. The molecular formula is C20H23N3O6. The van der Waals surface area contributed by atoms with E-state index in [4.69, 9.17) is 18.6 Å². The van der Waals surface area contributed by atoms with E-state index in [1.165, 1.54) is 32.2 Å². The predicted molar refractivity (Wildman–Crippen MR) is 106 cm³/mol. The van der Waals surface area contributed by atoms with Crippen LogP contribution in [0.4, 0.5) is 0 Å². The molecule has 9 heteroatoms. The highest BCUT2D eigenvalue weighted by molar-refractivity contribution is 6.06. The Kier molecular flexibility index (Phi) is 5.49. The molecule has 29 heavy (non-hydrogen) atoms. The summed E-state index contributed by atoms with van der Waals surface area (Å²) in [6, 6.07) is 3.10. The maximum atomic E-state index is 13.0. The molecule has 3 rings (SSSR count). The van der Waals surface area contributed by atoms with E-state index in [1.54, 1.807) is 26.1 Å². The average molecular weight is 401 g/mol. The third-order valence-electron chi connectivity index (χ3n) is 4.71. The summed E-state index contributed by atoms with van der Waals surface area (Å²) in [6.07, 6.45) is 1.35. The average Bonchev–Trinajstić information content (AvgIpc) is 3.06. The van der Waals surface area contributed by atoms with E-state index in [1.807, 2.05) is 6.92 Å². The number of nitrogens with one attached hydrogen (secondary N) is 1. The number of aryl methyl sites for hydroxylation is 2. The van der Waals surface area contributed by atoms with Crippen molar-refractivity contribution >= 4 is 17.0 Å². The lowest BCUT2D eigenvalue weighted by Crippen LogP contribution is -2.28. The maximum absolute atomic E-state index is 13.0. The second kappa shape index (κ2) is 7.86. The number of aromatic nitrogens is 2. The SMILES string of the molecule is COc1cc(C(C)NC(=O)c2c(C)oc3ncn(C)c(=O)c23)cc(OC)c1OC. The molecule has 1 N–H and O–H groups in total. The molecule has 1 atom stereocenters. The topological polar surface area (TPSA) is 105 Å². The van der Waals surface area contributed by atoms with Crippen LogP contribution in [0.25, 0.3) is 11.1 Å². The zero-order valence-corrected chi connectivity index (χ0v) is 17.2. The normalized spacial score (nSPS) is 11.9. The number of amides is 1. The van der Waals surface area contributed by atoms with E-state index in [9.17, 15) is 9.59 Å². The van der Waals surface area contributed by atoms with E-state index < -0.39 is 11.9 Å². The first-order valence-corrected chi connectivity index (χ1v) is 8.87. The Bertz CT molecular complexity index is 1110. The Morgan fingerprint density at radius 3 is 2.34 bits per heavy atom. The van der Waals surface area contributed by atoms with Gasteiger partial charge in [-0.2, -0.15) is 0 Å². The molecule has 1 amide bonds. The van der Waals surface area contributed by atoms with Crippen molar-refractivity contribution in [3.05, 3.63) is 45.7 Å². The summed E-state index contributed by atoms with van der Waals surface area (Å²) < 4.78 is 22.9. The zero-order chi connectivity index (χ0) is 21.3. The summed E-state index contributed by atoms with van der Waals surface area (Å²) in [5.74, 6) is 1.30. The van der Waals surface area contributed by atoms with Crippen LogP contribution in [0.15, 0.2) is 27.7 Å². The molecule has 0 bridgehead atoms. The summed E-state index contributed by atoms with van der Waals surface area (Å²) in [5.41, 5.74) is 0.700.